The van der Waals surface area contributed by atoms with E-state index in [0.717, 1.165) is 12.4 Å². The summed E-state index contributed by atoms with van der Waals surface area (Å²) in [4.78, 5) is 39.3. The van der Waals surface area contributed by atoms with Gasteiger partial charge in [0.05, 0.1) is 11.1 Å². The quantitative estimate of drug-likeness (QED) is 0.763. The maximum atomic E-state index is 12.7. The molecule has 1 fully saturated rings. The molecule has 0 radical (unpaired) electrons. The van der Waals surface area contributed by atoms with Crippen molar-refractivity contribution in [1.82, 2.24) is 24.4 Å². The third-order valence-corrected chi connectivity index (χ3v) is 4.48. The van der Waals surface area contributed by atoms with E-state index in [9.17, 15) is 22.8 Å². The Morgan fingerprint density at radius 1 is 1.07 bits per heavy atom. The minimum absolute atomic E-state index is 0.192. The van der Waals surface area contributed by atoms with Gasteiger partial charge in [-0.1, -0.05) is 13.8 Å². The maximum absolute atomic E-state index is 12.7. The van der Waals surface area contributed by atoms with E-state index in [2.05, 4.69) is 15.0 Å². The van der Waals surface area contributed by atoms with Gasteiger partial charge < -0.3 is 9.80 Å². The molecule has 1 aliphatic heterocycles. The van der Waals surface area contributed by atoms with Crippen LogP contribution < -0.4 is 10.6 Å². The number of rotatable bonds is 4. The summed E-state index contributed by atoms with van der Waals surface area (Å²) in [5.74, 6) is 0.173. The first-order valence-corrected chi connectivity index (χ1v) is 9.15. The van der Waals surface area contributed by atoms with Crippen molar-refractivity contribution in [2.75, 3.05) is 31.1 Å². The number of alkyl halides is 3. The number of carbonyl (C=O) groups is 1. The summed E-state index contributed by atoms with van der Waals surface area (Å²) in [6.45, 7) is 5.87. The Kier molecular flexibility index (Phi) is 5.85. The van der Waals surface area contributed by atoms with Crippen molar-refractivity contribution >= 4 is 11.9 Å². The Morgan fingerprint density at radius 3 is 2.24 bits per heavy atom. The van der Waals surface area contributed by atoms with Crippen molar-refractivity contribution in [3.05, 3.63) is 46.4 Å². The fraction of sp³-hybridized carbons (Fsp3) is 0.500. The van der Waals surface area contributed by atoms with Gasteiger partial charge in [0.2, 0.25) is 5.95 Å². The molecule has 0 atom stereocenters. The number of nitrogens with zero attached hydrogens (tertiary/aromatic N) is 6. The third-order valence-electron chi connectivity index (χ3n) is 4.48. The lowest BCUT2D eigenvalue weighted by Gasteiger charge is -2.34. The molecule has 1 saturated heterocycles. The number of anilines is 1. The molecule has 0 saturated carbocycles. The van der Waals surface area contributed by atoms with E-state index < -0.39 is 17.4 Å². The Labute approximate surface area is 165 Å². The molecule has 0 unspecified atom stereocenters. The molecule has 1 aliphatic rings. The summed E-state index contributed by atoms with van der Waals surface area (Å²) in [6.07, 6.45) is -0.188. The van der Waals surface area contributed by atoms with E-state index in [1.807, 2.05) is 13.8 Å². The van der Waals surface area contributed by atoms with Crippen LogP contribution in [0.3, 0.4) is 0 Å². The van der Waals surface area contributed by atoms with Crippen molar-refractivity contribution in [2.24, 2.45) is 5.92 Å². The summed E-state index contributed by atoms with van der Waals surface area (Å²) in [5.41, 5.74) is -0.983. The molecule has 0 aliphatic carbocycles. The van der Waals surface area contributed by atoms with Crippen LogP contribution in [0.2, 0.25) is 0 Å². The predicted molar refractivity (Wildman–Crippen MR) is 98.5 cm³/mol. The Bertz CT molecular complexity index is 918. The van der Waals surface area contributed by atoms with Crippen LogP contribution in [0.25, 0.3) is 0 Å². The smallest absolute Gasteiger partial charge is 0.337 e. The van der Waals surface area contributed by atoms with Crippen LogP contribution in [0.1, 0.15) is 29.8 Å². The topological polar surface area (TPSA) is 84.2 Å². The van der Waals surface area contributed by atoms with Crippen LogP contribution in [0.4, 0.5) is 19.1 Å². The van der Waals surface area contributed by atoms with Gasteiger partial charge in [0.1, 0.15) is 0 Å². The highest BCUT2D eigenvalue weighted by Gasteiger charge is 2.32. The van der Waals surface area contributed by atoms with Crippen LogP contribution in [0.15, 0.2) is 29.6 Å². The highest BCUT2D eigenvalue weighted by molar-refractivity contribution is 5.93. The first-order valence-electron chi connectivity index (χ1n) is 9.15. The zero-order valence-corrected chi connectivity index (χ0v) is 16.1. The van der Waals surface area contributed by atoms with Gasteiger partial charge >= 0.3 is 11.9 Å². The second kappa shape index (κ2) is 8.18. The normalized spacial score (nSPS) is 15.1. The lowest BCUT2D eigenvalue weighted by molar-refractivity contribution is -0.138. The summed E-state index contributed by atoms with van der Waals surface area (Å²) < 4.78 is 39.3. The van der Waals surface area contributed by atoms with E-state index in [4.69, 9.17) is 0 Å². The molecule has 2 aromatic heterocycles. The van der Waals surface area contributed by atoms with E-state index in [1.165, 1.54) is 17.0 Å². The number of halogens is 3. The summed E-state index contributed by atoms with van der Waals surface area (Å²) in [5, 5.41) is 0. The predicted octanol–water partition coefficient (Wildman–Crippen LogP) is 1.67. The highest BCUT2D eigenvalue weighted by Crippen LogP contribution is 2.28. The minimum atomic E-state index is -4.48. The number of hydrogen-bond acceptors (Lipinski definition) is 6. The van der Waals surface area contributed by atoms with Gasteiger partial charge in [-0.3, -0.25) is 9.36 Å². The molecular weight excluding hydrogens is 389 g/mol. The van der Waals surface area contributed by atoms with Crippen molar-refractivity contribution in [2.45, 2.75) is 26.6 Å². The fourth-order valence-corrected chi connectivity index (χ4v) is 3.01. The first kappa shape index (κ1) is 20.7. The monoisotopic (exact) mass is 410 g/mol. The molecule has 0 spiro atoms. The van der Waals surface area contributed by atoms with Crippen LogP contribution >= 0.6 is 0 Å². The third kappa shape index (κ3) is 4.90. The van der Waals surface area contributed by atoms with E-state index in [0.29, 0.717) is 38.3 Å². The SMILES string of the molecule is CC(C)Cn1cc(C(=O)N2CCN(c3ncc(C(F)(F)F)cn3)CC2)cnc1=O. The molecule has 0 aromatic carbocycles. The van der Waals surface area contributed by atoms with Gasteiger partial charge in [0, 0.05) is 57.5 Å². The van der Waals surface area contributed by atoms with Crippen LogP contribution in [-0.2, 0) is 12.7 Å². The van der Waals surface area contributed by atoms with E-state index in [-0.39, 0.29) is 17.8 Å². The van der Waals surface area contributed by atoms with Crippen molar-refractivity contribution in [1.29, 1.82) is 0 Å². The highest BCUT2D eigenvalue weighted by atomic mass is 19.4. The van der Waals surface area contributed by atoms with Crippen LogP contribution in [0, 0.1) is 5.92 Å². The molecule has 3 heterocycles. The molecule has 11 heteroatoms. The summed E-state index contributed by atoms with van der Waals surface area (Å²) in [7, 11) is 0. The van der Waals surface area contributed by atoms with Crippen LogP contribution in [0.5, 0.6) is 0 Å². The molecule has 29 heavy (non-hydrogen) atoms. The maximum Gasteiger partial charge on any atom is 0.419 e. The largest absolute Gasteiger partial charge is 0.419 e. The van der Waals surface area contributed by atoms with Gasteiger partial charge in [-0.05, 0) is 5.92 Å². The summed E-state index contributed by atoms with van der Waals surface area (Å²) >= 11 is 0. The molecule has 0 N–H and O–H groups in total. The Balaban J connectivity index is 1.65. The number of hydrogen-bond donors (Lipinski definition) is 0. The number of carbonyl (C=O) groups excluding carboxylic acids is 1. The molecule has 3 rings (SSSR count). The second-order valence-electron chi connectivity index (χ2n) is 7.22. The van der Waals surface area contributed by atoms with Gasteiger partial charge in [-0.25, -0.2) is 19.7 Å². The zero-order chi connectivity index (χ0) is 21.2. The molecule has 2 aromatic rings. The lowest BCUT2D eigenvalue weighted by Crippen LogP contribution is -2.49. The molecule has 0 bridgehead atoms. The average molecular weight is 410 g/mol. The fourth-order valence-electron chi connectivity index (χ4n) is 3.01. The van der Waals surface area contributed by atoms with Gasteiger partial charge in [-0.15, -0.1) is 0 Å². The van der Waals surface area contributed by atoms with E-state index >= 15 is 0 Å². The van der Waals surface area contributed by atoms with Gasteiger partial charge in [0.15, 0.2) is 0 Å². The number of amides is 1. The van der Waals surface area contributed by atoms with Crippen molar-refractivity contribution < 1.29 is 18.0 Å². The molecule has 1 amide bonds. The average Bonchev–Trinajstić information content (AvgIpc) is 2.68. The minimum Gasteiger partial charge on any atom is -0.337 e. The van der Waals surface area contributed by atoms with Gasteiger partial charge in [-0.2, -0.15) is 13.2 Å². The Hall–Kier alpha value is -2.98. The van der Waals surface area contributed by atoms with Crippen LogP contribution in [-0.4, -0.2) is 56.5 Å². The number of aromatic nitrogens is 4. The van der Waals surface area contributed by atoms with E-state index in [1.54, 1.807) is 9.80 Å². The van der Waals surface area contributed by atoms with Crippen molar-refractivity contribution in [3.63, 3.8) is 0 Å². The Morgan fingerprint density at radius 2 is 1.69 bits per heavy atom. The number of piperazine rings is 1. The molecular formula is C18H21F3N6O2. The summed E-state index contributed by atoms with van der Waals surface area (Å²) in [6, 6.07) is 0. The second-order valence-corrected chi connectivity index (χ2v) is 7.22. The molecule has 8 nitrogen and oxygen atoms in total. The van der Waals surface area contributed by atoms with Crippen molar-refractivity contribution in [3.8, 4) is 0 Å². The molecule has 156 valence electrons. The van der Waals surface area contributed by atoms with Gasteiger partial charge in [0.25, 0.3) is 5.91 Å². The standard InChI is InChI=1S/C18H21F3N6O2/c1-12(2)10-27-11-13(7-24-17(27)29)15(28)25-3-5-26(6-4-25)16-22-8-14(9-23-16)18(19,20)21/h7-9,11-12H,3-6,10H2,1-2H3. The zero-order valence-electron chi connectivity index (χ0n) is 16.1. The lowest BCUT2D eigenvalue weighted by atomic mass is 10.2. The first-order chi connectivity index (χ1) is 13.6.